The fourth-order valence-electron chi connectivity index (χ4n) is 2.81. The number of carbonyl (C=O) groups excluding carboxylic acids is 1. The number of amides is 1. The Morgan fingerprint density at radius 3 is 2.88 bits per heavy atom. The van der Waals surface area contributed by atoms with Crippen molar-refractivity contribution in [3.63, 3.8) is 0 Å². The number of rotatable bonds is 4. The van der Waals surface area contributed by atoms with Gasteiger partial charge in [0.25, 0.3) is 5.91 Å². The molecular formula is C17H23N5O3. The van der Waals surface area contributed by atoms with E-state index in [9.17, 15) is 4.79 Å². The normalized spacial score (nSPS) is 18.6. The third-order valence-corrected chi connectivity index (χ3v) is 4.11. The summed E-state index contributed by atoms with van der Waals surface area (Å²) in [6.45, 7) is 7.42. The highest BCUT2D eigenvalue weighted by atomic mass is 16.5. The average molecular weight is 345 g/mol. The van der Waals surface area contributed by atoms with Crippen molar-refractivity contribution < 1.29 is 14.1 Å². The number of nitrogens with zero attached hydrogens (tertiary/aromatic N) is 5. The lowest BCUT2D eigenvalue weighted by Gasteiger charge is -2.37. The summed E-state index contributed by atoms with van der Waals surface area (Å²) in [4.78, 5) is 25.4. The summed E-state index contributed by atoms with van der Waals surface area (Å²) in [5, 5.41) is 3.85. The highest BCUT2D eigenvalue weighted by molar-refractivity contribution is 5.96. The average Bonchev–Trinajstić information content (AvgIpc) is 3.01. The van der Waals surface area contributed by atoms with Gasteiger partial charge in [0.2, 0.25) is 11.8 Å². The molecule has 25 heavy (non-hydrogen) atoms. The van der Waals surface area contributed by atoms with Gasteiger partial charge in [0.05, 0.1) is 6.10 Å². The molecule has 0 aliphatic carbocycles. The summed E-state index contributed by atoms with van der Waals surface area (Å²) in [5.74, 6) is 1.39. The maximum atomic E-state index is 13.0. The molecule has 0 N–H and O–H groups in total. The van der Waals surface area contributed by atoms with E-state index in [1.54, 1.807) is 30.2 Å². The topological polar surface area (TPSA) is 84.6 Å². The van der Waals surface area contributed by atoms with Gasteiger partial charge in [-0.2, -0.15) is 4.98 Å². The zero-order valence-electron chi connectivity index (χ0n) is 15.0. The van der Waals surface area contributed by atoms with E-state index >= 15 is 0 Å². The number of aryl methyl sites for hydroxylation is 1. The van der Waals surface area contributed by atoms with Gasteiger partial charge >= 0.3 is 0 Å². The maximum absolute atomic E-state index is 13.0. The summed E-state index contributed by atoms with van der Waals surface area (Å²) in [6.07, 6.45) is 1.57. The SMILES string of the molecule is Cc1noc([C@H]2CN(C(=O)c3cccnc3OC(C)C)CCN2C)n1. The molecule has 3 rings (SSSR count). The Balaban J connectivity index is 1.81. The number of pyridine rings is 1. The van der Waals surface area contributed by atoms with E-state index in [0.29, 0.717) is 36.2 Å². The molecule has 0 unspecified atom stereocenters. The molecule has 8 heteroatoms. The molecule has 0 spiro atoms. The second-order valence-corrected chi connectivity index (χ2v) is 6.45. The van der Waals surface area contributed by atoms with Crippen LogP contribution in [0.5, 0.6) is 5.88 Å². The minimum absolute atomic E-state index is 0.0527. The van der Waals surface area contributed by atoms with Crippen LogP contribution in [0.4, 0.5) is 0 Å². The van der Waals surface area contributed by atoms with Crippen LogP contribution in [0.15, 0.2) is 22.9 Å². The molecule has 0 saturated carbocycles. The Kier molecular flexibility index (Phi) is 4.98. The third-order valence-electron chi connectivity index (χ3n) is 4.11. The van der Waals surface area contributed by atoms with Gasteiger partial charge < -0.3 is 14.2 Å². The standard InChI is InChI=1S/C17H23N5O3/c1-11(2)24-15-13(6-5-7-18-15)17(23)22-9-8-21(4)14(10-22)16-19-12(3)20-25-16/h5-7,11,14H,8-10H2,1-4H3/t14-/m1/s1. The number of aromatic nitrogens is 3. The predicted molar refractivity (Wildman–Crippen MR) is 90.3 cm³/mol. The van der Waals surface area contributed by atoms with Crippen LogP contribution in [0.1, 0.15) is 42.0 Å². The second kappa shape index (κ2) is 7.18. The number of hydrogen-bond donors (Lipinski definition) is 0. The molecule has 1 fully saturated rings. The minimum atomic E-state index is -0.120. The Morgan fingerprint density at radius 2 is 2.20 bits per heavy atom. The first kappa shape index (κ1) is 17.3. The van der Waals surface area contributed by atoms with E-state index < -0.39 is 0 Å². The second-order valence-electron chi connectivity index (χ2n) is 6.45. The lowest BCUT2D eigenvalue weighted by Crippen LogP contribution is -2.49. The van der Waals surface area contributed by atoms with E-state index in [-0.39, 0.29) is 18.1 Å². The maximum Gasteiger partial charge on any atom is 0.259 e. The Bertz CT molecular complexity index is 745. The molecule has 2 aromatic heterocycles. The zero-order chi connectivity index (χ0) is 18.0. The first-order chi connectivity index (χ1) is 12.0. The molecule has 1 amide bonds. The molecular weight excluding hydrogens is 322 g/mol. The highest BCUT2D eigenvalue weighted by Gasteiger charge is 2.33. The monoisotopic (exact) mass is 345 g/mol. The van der Waals surface area contributed by atoms with Crippen LogP contribution >= 0.6 is 0 Å². The lowest BCUT2D eigenvalue weighted by atomic mass is 10.1. The van der Waals surface area contributed by atoms with E-state index in [1.165, 1.54) is 0 Å². The van der Waals surface area contributed by atoms with Crippen LogP contribution in [0.3, 0.4) is 0 Å². The van der Waals surface area contributed by atoms with Crippen molar-refractivity contribution in [3.8, 4) is 5.88 Å². The molecule has 1 saturated heterocycles. The van der Waals surface area contributed by atoms with Gasteiger partial charge in [-0.1, -0.05) is 5.16 Å². The van der Waals surface area contributed by atoms with Crippen molar-refractivity contribution in [1.29, 1.82) is 0 Å². The molecule has 0 aromatic carbocycles. The predicted octanol–water partition coefficient (Wildman–Crippen LogP) is 1.69. The molecule has 134 valence electrons. The largest absolute Gasteiger partial charge is 0.474 e. The molecule has 0 bridgehead atoms. The van der Waals surface area contributed by atoms with Gasteiger partial charge in [-0.15, -0.1) is 0 Å². The molecule has 2 aromatic rings. The smallest absolute Gasteiger partial charge is 0.259 e. The summed E-state index contributed by atoms with van der Waals surface area (Å²) >= 11 is 0. The minimum Gasteiger partial charge on any atom is -0.474 e. The highest BCUT2D eigenvalue weighted by Crippen LogP contribution is 2.25. The first-order valence-corrected chi connectivity index (χ1v) is 8.37. The number of likely N-dealkylation sites (N-methyl/N-ethyl adjacent to an activating group) is 1. The van der Waals surface area contributed by atoms with Gasteiger partial charge in [-0.25, -0.2) is 4.98 Å². The van der Waals surface area contributed by atoms with Crippen molar-refractivity contribution in [1.82, 2.24) is 24.9 Å². The van der Waals surface area contributed by atoms with Crippen molar-refractivity contribution in [2.45, 2.75) is 32.9 Å². The van der Waals surface area contributed by atoms with E-state index in [2.05, 4.69) is 20.0 Å². The number of ether oxygens (including phenoxy) is 1. The van der Waals surface area contributed by atoms with Gasteiger partial charge in [-0.05, 0) is 40.0 Å². The number of hydrogen-bond acceptors (Lipinski definition) is 7. The van der Waals surface area contributed by atoms with Crippen LogP contribution in [0, 0.1) is 6.92 Å². The van der Waals surface area contributed by atoms with Gasteiger partial charge in [0, 0.05) is 25.8 Å². The molecule has 1 aliphatic rings. The quantitative estimate of drug-likeness (QED) is 0.833. The summed E-state index contributed by atoms with van der Waals surface area (Å²) in [7, 11) is 1.99. The Morgan fingerprint density at radius 1 is 1.40 bits per heavy atom. The first-order valence-electron chi connectivity index (χ1n) is 8.37. The molecule has 0 radical (unpaired) electrons. The van der Waals surface area contributed by atoms with Crippen molar-refractivity contribution in [2.75, 3.05) is 26.7 Å². The fourth-order valence-corrected chi connectivity index (χ4v) is 2.81. The summed E-state index contributed by atoms with van der Waals surface area (Å²) in [6, 6.07) is 3.37. The van der Waals surface area contributed by atoms with Crippen molar-refractivity contribution >= 4 is 5.91 Å². The summed E-state index contributed by atoms with van der Waals surface area (Å²) in [5.41, 5.74) is 0.473. The van der Waals surface area contributed by atoms with Crippen LogP contribution in [-0.4, -0.2) is 63.6 Å². The van der Waals surface area contributed by atoms with E-state index in [1.807, 2.05) is 20.9 Å². The molecule has 1 aliphatic heterocycles. The number of piperazine rings is 1. The molecule has 1 atom stereocenters. The molecule has 3 heterocycles. The van der Waals surface area contributed by atoms with Crippen LogP contribution < -0.4 is 4.74 Å². The van der Waals surface area contributed by atoms with Crippen LogP contribution in [0.2, 0.25) is 0 Å². The van der Waals surface area contributed by atoms with Crippen molar-refractivity contribution in [2.24, 2.45) is 0 Å². The third kappa shape index (κ3) is 3.79. The summed E-state index contributed by atoms with van der Waals surface area (Å²) < 4.78 is 11.0. The van der Waals surface area contributed by atoms with Gasteiger partial charge in [0.1, 0.15) is 11.6 Å². The lowest BCUT2D eigenvalue weighted by molar-refractivity contribution is 0.0483. The van der Waals surface area contributed by atoms with Gasteiger partial charge in [-0.3, -0.25) is 9.69 Å². The van der Waals surface area contributed by atoms with E-state index in [4.69, 9.17) is 9.26 Å². The van der Waals surface area contributed by atoms with Gasteiger partial charge in [0.15, 0.2) is 5.82 Å². The Labute approximate surface area is 146 Å². The van der Waals surface area contributed by atoms with E-state index in [0.717, 1.165) is 6.54 Å². The van der Waals surface area contributed by atoms with Crippen molar-refractivity contribution in [3.05, 3.63) is 35.6 Å². The molecule has 8 nitrogen and oxygen atoms in total. The Hall–Kier alpha value is -2.48. The zero-order valence-corrected chi connectivity index (χ0v) is 15.0. The van der Waals surface area contributed by atoms with Crippen LogP contribution in [-0.2, 0) is 0 Å². The van der Waals surface area contributed by atoms with Crippen LogP contribution in [0.25, 0.3) is 0 Å². The number of carbonyl (C=O) groups is 1. The fraction of sp³-hybridized carbons (Fsp3) is 0.529.